The Labute approximate surface area is 124 Å². The first-order chi connectivity index (χ1) is 9.97. The van der Waals surface area contributed by atoms with Crippen LogP contribution in [0.15, 0.2) is 12.3 Å². The molecule has 5 heteroatoms. The average Bonchev–Trinajstić information content (AvgIpc) is 3.13. The van der Waals surface area contributed by atoms with Crippen molar-refractivity contribution in [2.75, 3.05) is 0 Å². The Morgan fingerprint density at radius 2 is 2.05 bits per heavy atom. The van der Waals surface area contributed by atoms with Crippen LogP contribution in [-0.4, -0.2) is 26.7 Å². The van der Waals surface area contributed by atoms with Gasteiger partial charge in [0.05, 0.1) is 17.1 Å². The second kappa shape index (κ2) is 5.13. The monoisotopic (exact) mass is 286 g/mol. The molecule has 0 unspecified atom stereocenters. The van der Waals surface area contributed by atoms with Crippen molar-refractivity contribution in [3.63, 3.8) is 0 Å². The van der Waals surface area contributed by atoms with Gasteiger partial charge in [0.15, 0.2) is 5.65 Å². The summed E-state index contributed by atoms with van der Waals surface area (Å²) in [4.78, 5) is 17.2. The zero-order valence-electron chi connectivity index (χ0n) is 13.1. The fraction of sp³-hybridized carbons (Fsp3) is 0.562. The Balaban J connectivity index is 2.14. The number of carbonyl (C=O) groups is 1. The van der Waals surface area contributed by atoms with Gasteiger partial charge in [-0.25, -0.2) is 9.67 Å². The highest BCUT2D eigenvalue weighted by molar-refractivity contribution is 6.05. The molecule has 2 aromatic rings. The van der Waals surface area contributed by atoms with Crippen LogP contribution in [0.1, 0.15) is 68.5 Å². The lowest BCUT2D eigenvalue weighted by atomic mass is 10.0. The highest BCUT2D eigenvalue weighted by atomic mass is 16.1. The fourth-order valence-electron chi connectivity index (χ4n) is 2.39. The SMILES string of the molecule is CC(C)c1cc(C(=O)NC2CC2)c2cnn(C(C)C)c2n1. The zero-order valence-corrected chi connectivity index (χ0v) is 13.1. The van der Waals surface area contributed by atoms with Crippen LogP contribution in [0.3, 0.4) is 0 Å². The van der Waals surface area contributed by atoms with Crippen molar-refractivity contribution < 1.29 is 4.79 Å². The van der Waals surface area contributed by atoms with E-state index in [0.717, 1.165) is 29.6 Å². The smallest absolute Gasteiger partial charge is 0.252 e. The van der Waals surface area contributed by atoms with Crippen LogP contribution >= 0.6 is 0 Å². The molecule has 0 spiro atoms. The normalized spacial score (nSPS) is 15.1. The largest absolute Gasteiger partial charge is 0.349 e. The molecule has 2 heterocycles. The van der Waals surface area contributed by atoms with Crippen LogP contribution < -0.4 is 5.32 Å². The molecule has 0 radical (unpaired) electrons. The summed E-state index contributed by atoms with van der Waals surface area (Å²) in [5, 5.41) is 8.31. The van der Waals surface area contributed by atoms with E-state index in [9.17, 15) is 4.79 Å². The van der Waals surface area contributed by atoms with Crippen LogP contribution in [0.2, 0.25) is 0 Å². The standard InChI is InChI=1S/C16H22N4O/c1-9(2)14-7-12(16(21)18-11-5-6-11)13-8-17-20(10(3)4)15(13)19-14/h7-11H,5-6H2,1-4H3,(H,18,21). The molecular formula is C16H22N4O. The maximum absolute atomic E-state index is 12.5. The van der Waals surface area contributed by atoms with E-state index < -0.39 is 0 Å². The second-order valence-electron chi connectivity index (χ2n) is 6.42. The molecule has 1 N–H and O–H groups in total. The number of rotatable bonds is 4. The lowest BCUT2D eigenvalue weighted by molar-refractivity contribution is 0.0952. The molecule has 1 aliphatic rings. The summed E-state index contributed by atoms with van der Waals surface area (Å²) in [6.45, 7) is 8.32. The van der Waals surface area contributed by atoms with E-state index in [4.69, 9.17) is 4.98 Å². The Bertz CT molecular complexity index is 683. The number of hydrogen-bond acceptors (Lipinski definition) is 3. The molecule has 2 aromatic heterocycles. The van der Waals surface area contributed by atoms with Gasteiger partial charge < -0.3 is 5.32 Å². The van der Waals surface area contributed by atoms with Crippen molar-refractivity contribution in [1.82, 2.24) is 20.1 Å². The summed E-state index contributed by atoms with van der Waals surface area (Å²) in [6.07, 6.45) is 3.93. The molecule has 3 rings (SSSR count). The lowest BCUT2D eigenvalue weighted by Crippen LogP contribution is -2.26. The van der Waals surface area contributed by atoms with Crippen LogP contribution in [0.25, 0.3) is 11.0 Å². The van der Waals surface area contributed by atoms with E-state index >= 15 is 0 Å². The van der Waals surface area contributed by atoms with Gasteiger partial charge in [-0.15, -0.1) is 0 Å². The Morgan fingerprint density at radius 1 is 1.33 bits per heavy atom. The van der Waals surface area contributed by atoms with Gasteiger partial charge in [-0.1, -0.05) is 13.8 Å². The summed E-state index contributed by atoms with van der Waals surface area (Å²) in [7, 11) is 0. The summed E-state index contributed by atoms with van der Waals surface area (Å²) in [6, 6.07) is 2.48. The molecular weight excluding hydrogens is 264 g/mol. The van der Waals surface area contributed by atoms with E-state index in [2.05, 4.69) is 38.1 Å². The fourth-order valence-corrected chi connectivity index (χ4v) is 2.39. The first-order valence-electron chi connectivity index (χ1n) is 7.66. The van der Waals surface area contributed by atoms with Crippen molar-refractivity contribution in [2.24, 2.45) is 0 Å². The van der Waals surface area contributed by atoms with Gasteiger partial charge in [0.1, 0.15) is 0 Å². The minimum absolute atomic E-state index is 0.00453. The van der Waals surface area contributed by atoms with Crippen LogP contribution in [0, 0.1) is 0 Å². The minimum atomic E-state index is -0.00453. The molecule has 1 saturated carbocycles. The predicted molar refractivity (Wildman–Crippen MR) is 82.5 cm³/mol. The van der Waals surface area contributed by atoms with Gasteiger partial charge in [0.25, 0.3) is 5.91 Å². The number of hydrogen-bond donors (Lipinski definition) is 1. The van der Waals surface area contributed by atoms with Crippen molar-refractivity contribution in [3.05, 3.63) is 23.5 Å². The van der Waals surface area contributed by atoms with Gasteiger partial charge >= 0.3 is 0 Å². The molecule has 0 atom stereocenters. The molecule has 1 amide bonds. The van der Waals surface area contributed by atoms with E-state index in [0.29, 0.717) is 11.6 Å². The average molecular weight is 286 g/mol. The van der Waals surface area contributed by atoms with Crippen LogP contribution in [0.4, 0.5) is 0 Å². The number of nitrogens with zero attached hydrogens (tertiary/aromatic N) is 3. The van der Waals surface area contributed by atoms with Gasteiger partial charge in [0, 0.05) is 17.8 Å². The number of aromatic nitrogens is 3. The maximum Gasteiger partial charge on any atom is 0.252 e. The molecule has 0 aliphatic heterocycles. The van der Waals surface area contributed by atoms with E-state index in [1.807, 2.05) is 10.7 Å². The zero-order chi connectivity index (χ0) is 15.1. The highest BCUT2D eigenvalue weighted by Crippen LogP contribution is 2.26. The van der Waals surface area contributed by atoms with Crippen LogP contribution in [-0.2, 0) is 0 Å². The molecule has 0 bridgehead atoms. The van der Waals surface area contributed by atoms with Gasteiger partial charge in [-0.3, -0.25) is 4.79 Å². The number of pyridine rings is 1. The number of fused-ring (bicyclic) bond motifs is 1. The maximum atomic E-state index is 12.5. The van der Waals surface area contributed by atoms with Gasteiger partial charge in [0.2, 0.25) is 0 Å². The topological polar surface area (TPSA) is 59.8 Å². The summed E-state index contributed by atoms with van der Waals surface area (Å²) in [5.41, 5.74) is 2.44. The lowest BCUT2D eigenvalue weighted by Gasteiger charge is -2.12. The minimum Gasteiger partial charge on any atom is -0.349 e. The van der Waals surface area contributed by atoms with Crippen molar-refractivity contribution in [3.8, 4) is 0 Å². The van der Waals surface area contributed by atoms with Gasteiger partial charge in [-0.2, -0.15) is 5.10 Å². The summed E-state index contributed by atoms with van der Waals surface area (Å²) >= 11 is 0. The predicted octanol–water partition coefficient (Wildman–Crippen LogP) is 3.03. The number of carbonyl (C=O) groups excluding carboxylic acids is 1. The first kappa shape index (κ1) is 14.0. The van der Waals surface area contributed by atoms with Gasteiger partial charge in [-0.05, 0) is 38.7 Å². The van der Waals surface area contributed by atoms with E-state index in [-0.39, 0.29) is 17.9 Å². The van der Waals surface area contributed by atoms with E-state index in [1.165, 1.54) is 0 Å². The molecule has 0 saturated heterocycles. The number of nitrogens with one attached hydrogen (secondary N) is 1. The Morgan fingerprint density at radius 3 is 2.62 bits per heavy atom. The first-order valence-corrected chi connectivity index (χ1v) is 7.66. The molecule has 21 heavy (non-hydrogen) atoms. The molecule has 1 aliphatic carbocycles. The third kappa shape index (κ3) is 2.64. The molecule has 112 valence electrons. The Hall–Kier alpha value is -1.91. The second-order valence-corrected chi connectivity index (χ2v) is 6.42. The highest BCUT2D eigenvalue weighted by Gasteiger charge is 2.26. The third-order valence-electron chi connectivity index (χ3n) is 3.82. The number of amides is 1. The molecule has 0 aromatic carbocycles. The third-order valence-corrected chi connectivity index (χ3v) is 3.82. The molecule has 5 nitrogen and oxygen atoms in total. The molecule has 1 fully saturated rings. The summed E-state index contributed by atoms with van der Waals surface area (Å²) < 4.78 is 1.88. The Kier molecular flexibility index (Phi) is 3.43. The summed E-state index contributed by atoms with van der Waals surface area (Å²) in [5.74, 6) is 0.271. The van der Waals surface area contributed by atoms with Crippen molar-refractivity contribution in [1.29, 1.82) is 0 Å². The van der Waals surface area contributed by atoms with Crippen molar-refractivity contribution in [2.45, 2.75) is 58.5 Å². The van der Waals surface area contributed by atoms with Crippen LogP contribution in [0.5, 0.6) is 0 Å². The quantitative estimate of drug-likeness (QED) is 0.939. The van der Waals surface area contributed by atoms with Crippen molar-refractivity contribution >= 4 is 16.9 Å². The van der Waals surface area contributed by atoms with E-state index in [1.54, 1.807) is 6.20 Å².